The normalized spacial score (nSPS) is 12.8. The van der Waals surface area contributed by atoms with Crippen LogP contribution in [-0.2, 0) is 14.4 Å². The first-order chi connectivity index (χ1) is 10.6. The van der Waals surface area contributed by atoms with E-state index in [1.54, 1.807) is 4.90 Å². The molecule has 0 bridgehead atoms. The lowest BCUT2D eigenvalue weighted by molar-refractivity contribution is -0.144. The molecule has 0 aromatic heterocycles. The van der Waals surface area contributed by atoms with Gasteiger partial charge in [0.15, 0.2) is 0 Å². The minimum atomic E-state index is -1.11. The van der Waals surface area contributed by atoms with Gasteiger partial charge in [0.1, 0.15) is 0 Å². The number of likely N-dealkylation sites (N-methyl/N-ethyl adjacent to an activating group) is 1. The first kappa shape index (κ1) is 21.3. The van der Waals surface area contributed by atoms with Crippen LogP contribution in [0.2, 0.25) is 0 Å². The number of carboxylic acids is 3. The number of carboxylic acid groups (broad SMARTS) is 3. The molecule has 1 unspecified atom stereocenters. The van der Waals surface area contributed by atoms with Gasteiger partial charge in [0, 0.05) is 25.7 Å². The molecule has 0 saturated heterocycles. The van der Waals surface area contributed by atoms with E-state index >= 15 is 0 Å². The van der Waals surface area contributed by atoms with Gasteiger partial charge in [0.05, 0.1) is 19.6 Å². The van der Waals surface area contributed by atoms with Gasteiger partial charge in [-0.3, -0.25) is 24.2 Å². The van der Waals surface area contributed by atoms with E-state index in [-0.39, 0.29) is 25.7 Å². The van der Waals surface area contributed by atoms with Crippen molar-refractivity contribution >= 4 is 17.9 Å². The first-order valence-electron chi connectivity index (χ1n) is 7.42. The summed E-state index contributed by atoms with van der Waals surface area (Å²) in [6.07, 6.45) is 0.526. The Balaban J connectivity index is 4.97. The van der Waals surface area contributed by atoms with E-state index in [4.69, 9.17) is 15.3 Å². The lowest BCUT2D eigenvalue weighted by atomic mass is 10.1. The highest BCUT2D eigenvalue weighted by atomic mass is 16.4. The van der Waals surface area contributed by atoms with Crippen LogP contribution in [0.15, 0.2) is 0 Å². The summed E-state index contributed by atoms with van der Waals surface area (Å²) in [6.45, 7) is 2.34. The molecule has 0 aliphatic carbocycles. The Kier molecular flexibility index (Phi) is 10.1. The largest absolute Gasteiger partial charge is 0.480 e. The molecule has 0 fully saturated rings. The van der Waals surface area contributed by atoms with Crippen LogP contribution < -0.4 is 0 Å². The molecule has 134 valence electrons. The van der Waals surface area contributed by atoms with Crippen molar-refractivity contribution in [3.05, 3.63) is 0 Å². The summed E-state index contributed by atoms with van der Waals surface area (Å²) in [4.78, 5) is 37.9. The van der Waals surface area contributed by atoms with E-state index in [0.717, 1.165) is 0 Å². The zero-order chi connectivity index (χ0) is 18.0. The van der Waals surface area contributed by atoms with Crippen molar-refractivity contribution < 1.29 is 29.7 Å². The lowest BCUT2D eigenvalue weighted by Crippen LogP contribution is -2.49. The number of aliphatic carboxylic acids is 3. The van der Waals surface area contributed by atoms with Gasteiger partial charge in [-0.25, -0.2) is 0 Å². The predicted octanol–water partition coefficient (Wildman–Crippen LogP) is -0.816. The van der Waals surface area contributed by atoms with E-state index in [0.29, 0.717) is 26.1 Å². The van der Waals surface area contributed by atoms with Gasteiger partial charge in [-0.05, 0) is 20.5 Å². The molecule has 1 atom stereocenters. The summed E-state index contributed by atoms with van der Waals surface area (Å²) >= 11 is 0. The van der Waals surface area contributed by atoms with Crippen molar-refractivity contribution in [2.24, 2.45) is 0 Å². The molecule has 0 spiro atoms. The lowest BCUT2D eigenvalue weighted by Gasteiger charge is -2.33. The highest BCUT2D eigenvalue weighted by Gasteiger charge is 2.24. The maximum absolute atomic E-state index is 11.0. The average Bonchev–Trinajstić information content (AvgIpc) is 2.39. The Bertz CT molecular complexity index is 386. The number of carbonyl (C=O) groups is 3. The topological polar surface area (TPSA) is 122 Å². The standard InChI is InChI=1S/C14H27N3O6/c1-4-11(17(9-13(20)21)10-14(22)23)7-16(8-12(18)19)6-5-15(2)3/h11H,4-10H2,1-3H3,(H,18,19)(H,20,21)(H,22,23). The molecule has 0 heterocycles. The molecule has 0 aromatic rings. The summed E-state index contributed by atoms with van der Waals surface area (Å²) in [6, 6.07) is -0.344. The van der Waals surface area contributed by atoms with Crippen LogP contribution in [0, 0.1) is 0 Å². The SMILES string of the molecule is CCC(CN(CCN(C)C)CC(=O)O)N(CC(=O)O)CC(=O)O. The maximum atomic E-state index is 11.0. The van der Waals surface area contributed by atoms with Crippen LogP contribution in [0.4, 0.5) is 0 Å². The fourth-order valence-corrected chi connectivity index (χ4v) is 2.23. The van der Waals surface area contributed by atoms with Gasteiger partial charge in [-0.2, -0.15) is 0 Å². The molecule has 0 aromatic carbocycles. The van der Waals surface area contributed by atoms with E-state index in [2.05, 4.69) is 0 Å². The van der Waals surface area contributed by atoms with Crippen LogP contribution >= 0.6 is 0 Å². The molecule has 9 nitrogen and oxygen atoms in total. The summed E-state index contributed by atoms with van der Waals surface area (Å²) < 4.78 is 0. The van der Waals surface area contributed by atoms with E-state index in [1.165, 1.54) is 4.90 Å². The van der Waals surface area contributed by atoms with Crippen molar-refractivity contribution in [2.45, 2.75) is 19.4 Å². The van der Waals surface area contributed by atoms with Crippen LogP contribution in [0.25, 0.3) is 0 Å². The van der Waals surface area contributed by atoms with E-state index < -0.39 is 17.9 Å². The predicted molar refractivity (Wildman–Crippen MR) is 83.6 cm³/mol. The maximum Gasteiger partial charge on any atom is 0.317 e. The molecule has 23 heavy (non-hydrogen) atoms. The summed E-state index contributed by atoms with van der Waals surface area (Å²) in [7, 11) is 3.74. The monoisotopic (exact) mass is 333 g/mol. The molecular formula is C14H27N3O6. The third-order valence-corrected chi connectivity index (χ3v) is 3.36. The van der Waals surface area contributed by atoms with E-state index in [9.17, 15) is 14.4 Å². The molecule has 3 N–H and O–H groups in total. The van der Waals surface area contributed by atoms with Crippen LogP contribution in [0.3, 0.4) is 0 Å². The Morgan fingerprint density at radius 3 is 1.70 bits per heavy atom. The summed E-state index contributed by atoms with van der Waals surface area (Å²) in [5.74, 6) is -3.19. The van der Waals surface area contributed by atoms with Gasteiger partial charge in [0.25, 0.3) is 0 Å². The highest BCUT2D eigenvalue weighted by Crippen LogP contribution is 2.07. The summed E-state index contributed by atoms with van der Waals surface area (Å²) in [5, 5.41) is 26.9. The Hall–Kier alpha value is -1.71. The molecule has 0 aliphatic heterocycles. The fraction of sp³-hybridized carbons (Fsp3) is 0.786. The number of hydrogen-bond donors (Lipinski definition) is 3. The van der Waals surface area contributed by atoms with E-state index in [1.807, 2.05) is 25.9 Å². The van der Waals surface area contributed by atoms with Crippen molar-refractivity contribution in [1.82, 2.24) is 14.7 Å². The van der Waals surface area contributed by atoms with Crippen molar-refractivity contribution in [3.63, 3.8) is 0 Å². The van der Waals surface area contributed by atoms with Crippen LogP contribution in [0.1, 0.15) is 13.3 Å². The molecular weight excluding hydrogens is 306 g/mol. The van der Waals surface area contributed by atoms with Gasteiger partial charge in [-0.15, -0.1) is 0 Å². The van der Waals surface area contributed by atoms with Gasteiger partial charge in [0.2, 0.25) is 0 Å². The van der Waals surface area contributed by atoms with Crippen LogP contribution in [0.5, 0.6) is 0 Å². The molecule has 0 saturated carbocycles. The molecule has 0 amide bonds. The van der Waals surface area contributed by atoms with Crippen molar-refractivity contribution in [3.8, 4) is 0 Å². The zero-order valence-corrected chi connectivity index (χ0v) is 13.9. The molecule has 9 heteroatoms. The van der Waals surface area contributed by atoms with Gasteiger partial charge >= 0.3 is 17.9 Å². The average molecular weight is 333 g/mol. The minimum absolute atomic E-state index is 0.168. The molecule has 0 radical (unpaired) electrons. The van der Waals surface area contributed by atoms with Crippen molar-refractivity contribution in [2.75, 3.05) is 53.4 Å². The number of hydrogen-bond acceptors (Lipinski definition) is 6. The zero-order valence-electron chi connectivity index (χ0n) is 13.9. The quantitative estimate of drug-likeness (QED) is 0.397. The third kappa shape index (κ3) is 10.6. The second-order valence-electron chi connectivity index (χ2n) is 5.69. The van der Waals surface area contributed by atoms with Crippen molar-refractivity contribution in [1.29, 1.82) is 0 Å². The second kappa shape index (κ2) is 10.9. The smallest absolute Gasteiger partial charge is 0.317 e. The second-order valence-corrected chi connectivity index (χ2v) is 5.69. The third-order valence-electron chi connectivity index (χ3n) is 3.36. The number of nitrogens with zero attached hydrogens (tertiary/aromatic N) is 3. The minimum Gasteiger partial charge on any atom is -0.480 e. The first-order valence-corrected chi connectivity index (χ1v) is 7.42. The Morgan fingerprint density at radius 2 is 1.35 bits per heavy atom. The Morgan fingerprint density at radius 1 is 0.870 bits per heavy atom. The Labute approximate surface area is 136 Å². The highest BCUT2D eigenvalue weighted by molar-refractivity contribution is 5.72. The number of rotatable bonds is 13. The molecule has 0 aliphatic rings. The van der Waals surface area contributed by atoms with Crippen LogP contribution in [-0.4, -0.2) is 107 Å². The summed E-state index contributed by atoms with van der Waals surface area (Å²) in [5.41, 5.74) is 0. The molecule has 0 rings (SSSR count). The van der Waals surface area contributed by atoms with Gasteiger partial charge < -0.3 is 20.2 Å². The fourth-order valence-electron chi connectivity index (χ4n) is 2.23. The van der Waals surface area contributed by atoms with Gasteiger partial charge in [-0.1, -0.05) is 6.92 Å².